The number of alkyl halides is 3. The second-order valence-electron chi connectivity index (χ2n) is 3.61. The van der Waals surface area contributed by atoms with Gasteiger partial charge in [0.05, 0.1) is 18.7 Å². The predicted octanol–water partition coefficient (Wildman–Crippen LogP) is 1.68. The number of nitrogens with two attached hydrogens (primary N) is 1. The van der Waals surface area contributed by atoms with E-state index in [1.807, 2.05) is 0 Å². The summed E-state index contributed by atoms with van der Waals surface area (Å²) in [6.07, 6.45) is -5.58. The summed E-state index contributed by atoms with van der Waals surface area (Å²) < 4.78 is 58.5. The van der Waals surface area contributed by atoms with Crippen LogP contribution >= 0.6 is 0 Å². The van der Waals surface area contributed by atoms with E-state index in [-0.39, 0.29) is 12.2 Å². The van der Waals surface area contributed by atoms with Crippen LogP contribution in [0, 0.1) is 5.95 Å². The molecule has 9 heteroatoms. The molecule has 0 saturated carbocycles. The monoisotopic (exact) mass is 296 g/mol. The molecule has 20 heavy (non-hydrogen) atoms. The Kier molecular flexibility index (Phi) is 5.26. The SMILES string of the molecule is CCOC(=O)Cc1cc(F)nc(CN)c1OC(F)(F)F. The fourth-order valence-corrected chi connectivity index (χ4v) is 1.48. The van der Waals surface area contributed by atoms with Crippen molar-refractivity contribution in [2.75, 3.05) is 6.61 Å². The Morgan fingerprint density at radius 2 is 2.10 bits per heavy atom. The van der Waals surface area contributed by atoms with Gasteiger partial charge in [0.2, 0.25) is 5.95 Å². The normalized spacial score (nSPS) is 11.3. The molecule has 0 aliphatic heterocycles. The quantitative estimate of drug-likeness (QED) is 0.508. The van der Waals surface area contributed by atoms with Gasteiger partial charge in [-0.05, 0) is 6.92 Å². The number of rotatable bonds is 5. The Hall–Kier alpha value is -1.90. The first kappa shape index (κ1) is 16.2. The van der Waals surface area contributed by atoms with E-state index in [1.54, 1.807) is 0 Å². The second kappa shape index (κ2) is 6.51. The van der Waals surface area contributed by atoms with Crippen LogP contribution in [0.2, 0.25) is 0 Å². The van der Waals surface area contributed by atoms with E-state index >= 15 is 0 Å². The van der Waals surface area contributed by atoms with Crippen molar-refractivity contribution in [3.63, 3.8) is 0 Å². The average molecular weight is 296 g/mol. The minimum atomic E-state index is -5.01. The van der Waals surface area contributed by atoms with Gasteiger partial charge in [-0.15, -0.1) is 13.2 Å². The molecule has 0 aliphatic rings. The van der Waals surface area contributed by atoms with E-state index < -0.39 is 42.7 Å². The second-order valence-corrected chi connectivity index (χ2v) is 3.61. The van der Waals surface area contributed by atoms with Crippen molar-refractivity contribution >= 4 is 5.97 Å². The lowest BCUT2D eigenvalue weighted by Crippen LogP contribution is -2.22. The van der Waals surface area contributed by atoms with E-state index in [0.29, 0.717) is 6.07 Å². The summed E-state index contributed by atoms with van der Waals surface area (Å²) in [5, 5.41) is 0. The Labute approximate surface area is 111 Å². The van der Waals surface area contributed by atoms with Crippen LogP contribution in [0.15, 0.2) is 6.07 Å². The topological polar surface area (TPSA) is 74.4 Å². The lowest BCUT2D eigenvalue weighted by atomic mass is 10.1. The highest BCUT2D eigenvalue weighted by Crippen LogP contribution is 2.30. The molecule has 0 bridgehead atoms. The number of esters is 1. The van der Waals surface area contributed by atoms with Gasteiger partial charge in [0.1, 0.15) is 0 Å². The van der Waals surface area contributed by atoms with Crippen LogP contribution in [-0.4, -0.2) is 23.9 Å². The largest absolute Gasteiger partial charge is 0.573 e. The van der Waals surface area contributed by atoms with Crippen molar-refractivity contribution in [1.29, 1.82) is 0 Å². The van der Waals surface area contributed by atoms with Crippen molar-refractivity contribution in [2.45, 2.75) is 26.3 Å². The maximum atomic E-state index is 13.2. The molecule has 0 aliphatic carbocycles. The third kappa shape index (κ3) is 4.65. The highest BCUT2D eigenvalue weighted by atomic mass is 19.4. The van der Waals surface area contributed by atoms with Gasteiger partial charge in [-0.25, -0.2) is 4.98 Å². The molecule has 0 amide bonds. The molecule has 0 atom stereocenters. The minimum absolute atomic E-state index is 0.0472. The zero-order valence-electron chi connectivity index (χ0n) is 10.5. The Balaban J connectivity index is 3.18. The number of nitrogens with zero attached hydrogens (tertiary/aromatic N) is 1. The van der Waals surface area contributed by atoms with Crippen LogP contribution in [0.1, 0.15) is 18.2 Å². The number of aromatic nitrogens is 1. The van der Waals surface area contributed by atoms with Gasteiger partial charge >= 0.3 is 12.3 Å². The number of halogens is 4. The van der Waals surface area contributed by atoms with Gasteiger partial charge in [-0.1, -0.05) is 0 Å². The zero-order chi connectivity index (χ0) is 15.3. The number of carbonyl (C=O) groups is 1. The van der Waals surface area contributed by atoms with Crippen LogP contribution in [0.4, 0.5) is 17.6 Å². The van der Waals surface area contributed by atoms with Crippen molar-refractivity contribution in [1.82, 2.24) is 4.98 Å². The van der Waals surface area contributed by atoms with E-state index in [2.05, 4.69) is 14.5 Å². The first-order valence-corrected chi connectivity index (χ1v) is 5.56. The lowest BCUT2D eigenvalue weighted by molar-refractivity contribution is -0.275. The summed E-state index contributed by atoms with van der Waals surface area (Å²) in [5.74, 6) is -2.64. The van der Waals surface area contributed by atoms with Crippen molar-refractivity contribution in [2.24, 2.45) is 5.73 Å². The molecule has 1 rings (SSSR count). The molecule has 0 saturated heterocycles. The third-order valence-electron chi connectivity index (χ3n) is 2.14. The maximum absolute atomic E-state index is 13.2. The molecule has 1 aromatic heterocycles. The first-order chi connectivity index (χ1) is 9.26. The Morgan fingerprint density at radius 1 is 1.45 bits per heavy atom. The summed E-state index contributed by atoms with van der Waals surface area (Å²) in [5.41, 5.74) is 4.45. The average Bonchev–Trinajstić information content (AvgIpc) is 2.31. The molecule has 0 unspecified atom stereocenters. The summed E-state index contributed by atoms with van der Waals surface area (Å²) in [7, 11) is 0. The van der Waals surface area contributed by atoms with Gasteiger partial charge in [-0.3, -0.25) is 4.79 Å². The smallest absolute Gasteiger partial charge is 0.466 e. The van der Waals surface area contributed by atoms with Gasteiger partial charge in [-0.2, -0.15) is 4.39 Å². The van der Waals surface area contributed by atoms with Crippen LogP contribution in [0.25, 0.3) is 0 Å². The van der Waals surface area contributed by atoms with Gasteiger partial charge in [0, 0.05) is 18.2 Å². The molecule has 1 aromatic rings. The molecule has 0 spiro atoms. The summed E-state index contributed by atoms with van der Waals surface area (Å²) in [4.78, 5) is 14.5. The highest BCUT2D eigenvalue weighted by Gasteiger charge is 2.34. The summed E-state index contributed by atoms with van der Waals surface area (Å²) in [6.45, 7) is 1.11. The number of carbonyl (C=O) groups excluding carboxylic acids is 1. The van der Waals surface area contributed by atoms with Crippen LogP contribution < -0.4 is 10.5 Å². The van der Waals surface area contributed by atoms with Gasteiger partial charge in [0.15, 0.2) is 5.75 Å². The minimum Gasteiger partial charge on any atom is -0.466 e. The molecule has 5 nitrogen and oxygen atoms in total. The number of hydrogen-bond donors (Lipinski definition) is 1. The molecule has 0 aromatic carbocycles. The molecule has 2 N–H and O–H groups in total. The number of ether oxygens (including phenoxy) is 2. The first-order valence-electron chi connectivity index (χ1n) is 5.56. The van der Waals surface area contributed by atoms with Crippen molar-refractivity contribution in [3.05, 3.63) is 23.3 Å². The standard InChI is InChI=1S/C11H12F4N2O3/c1-2-19-9(18)4-6-3-8(12)17-7(5-16)10(6)20-11(13,14)15/h3H,2,4-5,16H2,1H3. The van der Waals surface area contributed by atoms with Crippen molar-refractivity contribution < 1.29 is 31.8 Å². The number of pyridine rings is 1. The molecule has 0 radical (unpaired) electrons. The van der Waals surface area contributed by atoms with E-state index in [1.165, 1.54) is 6.92 Å². The zero-order valence-corrected chi connectivity index (χ0v) is 10.5. The molecule has 0 fully saturated rings. The number of hydrogen-bond acceptors (Lipinski definition) is 5. The van der Waals surface area contributed by atoms with Gasteiger partial charge < -0.3 is 15.2 Å². The Morgan fingerprint density at radius 3 is 2.60 bits per heavy atom. The lowest BCUT2D eigenvalue weighted by Gasteiger charge is -2.15. The van der Waals surface area contributed by atoms with E-state index in [4.69, 9.17) is 5.73 Å². The highest BCUT2D eigenvalue weighted by molar-refractivity contribution is 5.73. The Bertz CT molecular complexity index is 491. The molecular formula is C11H12F4N2O3. The molecule has 112 valence electrons. The summed E-state index contributed by atoms with van der Waals surface area (Å²) in [6, 6.07) is 0.678. The van der Waals surface area contributed by atoms with Gasteiger partial charge in [0.25, 0.3) is 0 Å². The third-order valence-corrected chi connectivity index (χ3v) is 2.14. The van der Waals surface area contributed by atoms with Crippen LogP contribution in [0.5, 0.6) is 5.75 Å². The molecule has 1 heterocycles. The predicted molar refractivity (Wildman–Crippen MR) is 59.1 cm³/mol. The van der Waals surface area contributed by atoms with E-state index in [0.717, 1.165) is 0 Å². The van der Waals surface area contributed by atoms with Crippen molar-refractivity contribution in [3.8, 4) is 5.75 Å². The maximum Gasteiger partial charge on any atom is 0.573 e. The van der Waals surface area contributed by atoms with Crippen LogP contribution in [-0.2, 0) is 22.5 Å². The fourth-order valence-electron chi connectivity index (χ4n) is 1.48. The molecular weight excluding hydrogens is 284 g/mol. The van der Waals surface area contributed by atoms with E-state index in [9.17, 15) is 22.4 Å². The summed E-state index contributed by atoms with van der Waals surface area (Å²) >= 11 is 0. The fraction of sp³-hybridized carbons (Fsp3) is 0.455. The van der Waals surface area contributed by atoms with Crippen LogP contribution in [0.3, 0.4) is 0 Å².